The van der Waals surface area contributed by atoms with Crippen LogP contribution in [-0.2, 0) is 11.3 Å². The molecule has 0 spiro atoms. The Balaban J connectivity index is 1.95. The van der Waals surface area contributed by atoms with Crippen molar-refractivity contribution < 1.29 is 14.6 Å². The van der Waals surface area contributed by atoms with Gasteiger partial charge in [0.25, 0.3) is 0 Å². The van der Waals surface area contributed by atoms with E-state index in [1.54, 1.807) is 4.90 Å². The molecule has 27 heavy (non-hydrogen) atoms. The first-order valence-corrected chi connectivity index (χ1v) is 9.67. The average molecular weight is 375 g/mol. The summed E-state index contributed by atoms with van der Waals surface area (Å²) in [5, 5.41) is 11.1. The lowest BCUT2D eigenvalue weighted by atomic mass is 9.90. The molecule has 1 saturated heterocycles. The Morgan fingerprint density at radius 2 is 1.85 bits per heavy atom. The van der Waals surface area contributed by atoms with E-state index in [1.165, 1.54) is 5.56 Å². The van der Waals surface area contributed by atoms with Gasteiger partial charge in [-0.15, -0.1) is 0 Å². The van der Waals surface area contributed by atoms with Crippen molar-refractivity contribution in [1.82, 2.24) is 9.80 Å². The summed E-state index contributed by atoms with van der Waals surface area (Å²) in [5.74, 6) is 0. The second kappa shape index (κ2) is 8.89. The maximum absolute atomic E-state index is 12.2. The number of amides is 1. The van der Waals surface area contributed by atoms with Crippen LogP contribution in [0.15, 0.2) is 42.5 Å². The molecule has 0 aliphatic carbocycles. The van der Waals surface area contributed by atoms with Crippen LogP contribution >= 0.6 is 0 Å². The van der Waals surface area contributed by atoms with Crippen LogP contribution in [0.2, 0.25) is 0 Å². The summed E-state index contributed by atoms with van der Waals surface area (Å²) in [6.45, 7) is 14.7. The third-order valence-electron chi connectivity index (χ3n) is 4.61. The number of nitrogens with zero attached hydrogens (tertiary/aromatic N) is 2. The van der Waals surface area contributed by atoms with Gasteiger partial charge in [0.2, 0.25) is 0 Å². The lowest BCUT2D eigenvalue weighted by Gasteiger charge is -2.41. The summed E-state index contributed by atoms with van der Waals surface area (Å²) in [5.41, 5.74) is 0.982. The fraction of sp³-hybridized carbons (Fsp3) is 0.591. The standard InChI is InChI=1S/C22H34N2O3/c1-18(2)15-23(16-19-9-7-6-8-10-19)17-22(26)11-13-24(14-12-22)20(25)27-21(3,4)5/h6-10,26H,1,11-17H2,2-5H3. The molecule has 0 aromatic heterocycles. The van der Waals surface area contributed by atoms with E-state index in [0.717, 1.165) is 18.7 Å². The Bertz CT molecular complexity index is 629. The van der Waals surface area contributed by atoms with Gasteiger partial charge in [-0.25, -0.2) is 4.79 Å². The fourth-order valence-electron chi connectivity index (χ4n) is 3.40. The number of aliphatic hydroxyl groups is 1. The van der Waals surface area contributed by atoms with Crippen molar-refractivity contribution >= 4 is 6.09 Å². The van der Waals surface area contributed by atoms with E-state index in [0.29, 0.717) is 32.5 Å². The Morgan fingerprint density at radius 1 is 1.26 bits per heavy atom. The summed E-state index contributed by atoms with van der Waals surface area (Å²) >= 11 is 0. The van der Waals surface area contributed by atoms with E-state index in [9.17, 15) is 9.90 Å². The maximum atomic E-state index is 12.2. The van der Waals surface area contributed by atoms with Gasteiger partial charge >= 0.3 is 6.09 Å². The van der Waals surface area contributed by atoms with Crippen LogP contribution in [0.1, 0.15) is 46.1 Å². The molecule has 150 valence electrons. The molecule has 1 amide bonds. The normalized spacial score (nSPS) is 17.0. The monoisotopic (exact) mass is 374 g/mol. The highest BCUT2D eigenvalue weighted by atomic mass is 16.6. The zero-order valence-electron chi connectivity index (χ0n) is 17.2. The van der Waals surface area contributed by atoms with Gasteiger partial charge in [0.05, 0.1) is 5.60 Å². The van der Waals surface area contributed by atoms with E-state index < -0.39 is 11.2 Å². The quantitative estimate of drug-likeness (QED) is 0.769. The Labute approximate surface area is 163 Å². The number of hydrogen-bond acceptors (Lipinski definition) is 4. The van der Waals surface area contributed by atoms with Crippen molar-refractivity contribution in [2.75, 3.05) is 26.2 Å². The minimum Gasteiger partial charge on any atom is -0.444 e. The van der Waals surface area contributed by atoms with Crippen LogP contribution < -0.4 is 0 Å². The summed E-state index contributed by atoms with van der Waals surface area (Å²) in [6, 6.07) is 10.3. The third kappa shape index (κ3) is 7.35. The largest absolute Gasteiger partial charge is 0.444 e. The molecule has 2 rings (SSSR count). The number of rotatable bonds is 6. The van der Waals surface area contributed by atoms with Gasteiger partial charge < -0.3 is 14.7 Å². The third-order valence-corrected chi connectivity index (χ3v) is 4.61. The van der Waals surface area contributed by atoms with Crippen molar-refractivity contribution in [3.8, 4) is 0 Å². The number of piperidine rings is 1. The van der Waals surface area contributed by atoms with Gasteiger partial charge in [-0.3, -0.25) is 4.90 Å². The molecule has 1 heterocycles. The van der Waals surface area contributed by atoms with E-state index in [-0.39, 0.29) is 6.09 Å². The molecule has 0 atom stereocenters. The molecule has 1 N–H and O–H groups in total. The number of likely N-dealkylation sites (tertiary alicyclic amines) is 1. The Kier molecular flexibility index (Phi) is 7.06. The Hall–Kier alpha value is -1.85. The molecule has 1 aromatic carbocycles. The van der Waals surface area contributed by atoms with Gasteiger partial charge in [-0.1, -0.05) is 42.5 Å². The molecule has 1 aliphatic rings. The van der Waals surface area contributed by atoms with E-state index in [4.69, 9.17) is 4.74 Å². The summed E-state index contributed by atoms with van der Waals surface area (Å²) < 4.78 is 5.44. The minimum absolute atomic E-state index is 0.298. The molecule has 0 radical (unpaired) electrons. The van der Waals surface area contributed by atoms with Crippen LogP contribution in [0.4, 0.5) is 4.79 Å². The topological polar surface area (TPSA) is 53.0 Å². The maximum Gasteiger partial charge on any atom is 0.410 e. The molecule has 1 aliphatic heterocycles. The van der Waals surface area contributed by atoms with Gasteiger partial charge in [-0.2, -0.15) is 0 Å². The van der Waals surface area contributed by atoms with Crippen LogP contribution in [0.25, 0.3) is 0 Å². The zero-order chi connectivity index (χ0) is 20.1. The van der Waals surface area contributed by atoms with Crippen molar-refractivity contribution in [2.24, 2.45) is 0 Å². The second-order valence-electron chi connectivity index (χ2n) is 8.78. The summed E-state index contributed by atoms with van der Waals surface area (Å²) in [7, 11) is 0. The highest BCUT2D eigenvalue weighted by molar-refractivity contribution is 5.68. The minimum atomic E-state index is -0.803. The van der Waals surface area contributed by atoms with Crippen LogP contribution in [0, 0.1) is 0 Å². The number of ether oxygens (including phenoxy) is 1. The van der Waals surface area contributed by atoms with Crippen molar-refractivity contribution in [3.05, 3.63) is 48.0 Å². The first-order chi connectivity index (χ1) is 12.6. The zero-order valence-corrected chi connectivity index (χ0v) is 17.2. The molecular weight excluding hydrogens is 340 g/mol. The van der Waals surface area contributed by atoms with Gasteiger partial charge in [-0.05, 0) is 46.1 Å². The molecule has 1 aromatic rings. The molecule has 5 heteroatoms. The van der Waals surface area contributed by atoms with Crippen LogP contribution in [-0.4, -0.2) is 58.4 Å². The molecule has 5 nitrogen and oxygen atoms in total. The van der Waals surface area contributed by atoms with Gasteiger partial charge in [0, 0.05) is 32.7 Å². The predicted octanol–water partition coefficient (Wildman–Crippen LogP) is 3.83. The van der Waals surface area contributed by atoms with Gasteiger partial charge in [0.1, 0.15) is 5.60 Å². The Morgan fingerprint density at radius 3 is 2.37 bits per heavy atom. The number of carbonyl (C=O) groups excluding carboxylic acids is 1. The predicted molar refractivity (Wildman–Crippen MR) is 109 cm³/mol. The first kappa shape index (κ1) is 21.5. The average Bonchev–Trinajstić information content (AvgIpc) is 2.53. The highest BCUT2D eigenvalue weighted by Crippen LogP contribution is 2.25. The lowest BCUT2D eigenvalue weighted by Crippen LogP contribution is -2.52. The molecule has 0 unspecified atom stereocenters. The van der Waals surface area contributed by atoms with Crippen LogP contribution in [0.5, 0.6) is 0 Å². The van der Waals surface area contributed by atoms with Crippen LogP contribution in [0.3, 0.4) is 0 Å². The van der Waals surface area contributed by atoms with Crippen molar-refractivity contribution in [2.45, 2.75) is 58.3 Å². The van der Waals surface area contributed by atoms with E-state index in [2.05, 4.69) is 23.6 Å². The van der Waals surface area contributed by atoms with Crippen molar-refractivity contribution in [1.29, 1.82) is 0 Å². The van der Waals surface area contributed by atoms with Crippen molar-refractivity contribution in [3.63, 3.8) is 0 Å². The smallest absolute Gasteiger partial charge is 0.410 e. The second-order valence-corrected chi connectivity index (χ2v) is 8.78. The fourth-order valence-corrected chi connectivity index (χ4v) is 3.40. The van der Waals surface area contributed by atoms with E-state index >= 15 is 0 Å². The molecule has 0 saturated carbocycles. The summed E-state index contributed by atoms with van der Waals surface area (Å²) in [4.78, 5) is 16.2. The van der Waals surface area contributed by atoms with E-state index in [1.807, 2.05) is 45.9 Å². The van der Waals surface area contributed by atoms with Gasteiger partial charge in [0.15, 0.2) is 0 Å². The molecule has 1 fully saturated rings. The lowest BCUT2D eigenvalue weighted by molar-refractivity contribution is -0.0501. The molecule has 0 bridgehead atoms. The number of benzene rings is 1. The first-order valence-electron chi connectivity index (χ1n) is 9.67. The number of carbonyl (C=O) groups is 1. The number of hydrogen-bond donors (Lipinski definition) is 1. The highest BCUT2D eigenvalue weighted by Gasteiger charge is 2.36. The summed E-state index contributed by atoms with van der Waals surface area (Å²) in [6.07, 6.45) is 0.800. The molecular formula is C22H34N2O3. The SMILES string of the molecule is C=C(C)CN(Cc1ccccc1)CC1(O)CCN(C(=O)OC(C)(C)C)CC1.